The van der Waals surface area contributed by atoms with Crippen LogP contribution < -0.4 is 20.9 Å². The van der Waals surface area contributed by atoms with Crippen molar-refractivity contribution in [2.45, 2.75) is 45.4 Å². The number of nitrogens with two attached hydrogens (primary N) is 2. The van der Waals surface area contributed by atoms with Crippen LogP contribution in [0.25, 0.3) is 11.1 Å². The summed E-state index contributed by atoms with van der Waals surface area (Å²) in [6.07, 6.45) is 7.63. The Bertz CT molecular complexity index is 905. The Morgan fingerprint density at radius 3 is 1.90 bits per heavy atom. The zero-order valence-corrected chi connectivity index (χ0v) is 17.8. The minimum absolute atomic E-state index is 0.524. The molecule has 0 amide bonds. The molecule has 0 heterocycles. The van der Waals surface area contributed by atoms with Crippen LogP contribution in [0, 0.1) is 0 Å². The number of nitrogen functional groups attached to an aromatic ring is 2. The van der Waals surface area contributed by atoms with Crippen molar-refractivity contribution in [1.82, 2.24) is 0 Å². The highest BCUT2D eigenvalue weighted by atomic mass is 16.5. The standard InChI is InChI=1S/C26H32N2O2/c1-2-3-4-5-6-7-18-29-23-13-8-20(9-14-23)21-10-15-24(16-11-21)30-26-17-12-22(27)19-25(26)28/h8-17,19H,2-7,18,27-28H2,1H3. The highest BCUT2D eigenvalue weighted by Crippen LogP contribution is 2.31. The molecule has 0 aliphatic heterocycles. The number of hydrogen-bond donors (Lipinski definition) is 2. The first-order valence-corrected chi connectivity index (χ1v) is 10.8. The van der Waals surface area contributed by atoms with E-state index in [1.54, 1.807) is 18.2 Å². The van der Waals surface area contributed by atoms with Gasteiger partial charge in [0.25, 0.3) is 0 Å². The van der Waals surface area contributed by atoms with Gasteiger partial charge in [-0.05, 0) is 60.0 Å². The van der Waals surface area contributed by atoms with Gasteiger partial charge in [-0.2, -0.15) is 0 Å². The van der Waals surface area contributed by atoms with Crippen molar-refractivity contribution < 1.29 is 9.47 Å². The molecule has 158 valence electrons. The SMILES string of the molecule is CCCCCCCCOc1ccc(-c2ccc(Oc3ccc(N)cc3N)cc2)cc1. The summed E-state index contributed by atoms with van der Waals surface area (Å²) >= 11 is 0. The smallest absolute Gasteiger partial charge is 0.150 e. The second-order valence-electron chi connectivity index (χ2n) is 7.56. The third-order valence-electron chi connectivity index (χ3n) is 5.07. The first kappa shape index (κ1) is 21.6. The fourth-order valence-electron chi connectivity index (χ4n) is 3.32. The minimum Gasteiger partial charge on any atom is -0.494 e. The maximum absolute atomic E-state index is 5.96. The average molecular weight is 405 g/mol. The number of hydrogen-bond acceptors (Lipinski definition) is 4. The van der Waals surface area contributed by atoms with Gasteiger partial charge in [-0.15, -0.1) is 0 Å². The highest BCUT2D eigenvalue weighted by molar-refractivity contribution is 5.66. The number of rotatable bonds is 11. The van der Waals surface area contributed by atoms with Gasteiger partial charge in [-0.1, -0.05) is 63.3 Å². The lowest BCUT2D eigenvalue weighted by Gasteiger charge is -2.10. The molecule has 4 nitrogen and oxygen atoms in total. The highest BCUT2D eigenvalue weighted by Gasteiger charge is 2.04. The van der Waals surface area contributed by atoms with Gasteiger partial charge in [-0.3, -0.25) is 0 Å². The molecule has 4 heteroatoms. The van der Waals surface area contributed by atoms with Crippen LogP contribution in [0.1, 0.15) is 45.4 Å². The Morgan fingerprint density at radius 2 is 1.27 bits per heavy atom. The second-order valence-corrected chi connectivity index (χ2v) is 7.56. The van der Waals surface area contributed by atoms with Crippen molar-refractivity contribution in [1.29, 1.82) is 0 Å². The lowest BCUT2D eigenvalue weighted by molar-refractivity contribution is 0.304. The zero-order valence-electron chi connectivity index (χ0n) is 17.8. The minimum atomic E-state index is 0.524. The van der Waals surface area contributed by atoms with Gasteiger partial charge in [0.15, 0.2) is 0 Å². The Labute approximate surface area is 179 Å². The maximum atomic E-state index is 5.96. The first-order valence-electron chi connectivity index (χ1n) is 10.8. The molecule has 0 bridgehead atoms. The van der Waals surface area contributed by atoms with E-state index in [-0.39, 0.29) is 0 Å². The molecule has 0 spiro atoms. The predicted octanol–water partition coefficient (Wildman–Crippen LogP) is 7.05. The van der Waals surface area contributed by atoms with E-state index in [2.05, 4.69) is 19.1 Å². The largest absolute Gasteiger partial charge is 0.494 e. The van der Waals surface area contributed by atoms with Gasteiger partial charge in [0.05, 0.1) is 12.3 Å². The summed E-state index contributed by atoms with van der Waals surface area (Å²) in [5.41, 5.74) is 15.1. The van der Waals surface area contributed by atoms with Crippen LogP contribution in [0.5, 0.6) is 17.2 Å². The van der Waals surface area contributed by atoms with Gasteiger partial charge in [0.1, 0.15) is 17.2 Å². The molecule has 0 saturated heterocycles. The first-order chi connectivity index (χ1) is 14.7. The van der Waals surface area contributed by atoms with Crippen LogP contribution in [0.2, 0.25) is 0 Å². The molecule has 0 unspecified atom stereocenters. The molecular weight excluding hydrogens is 372 g/mol. The van der Waals surface area contributed by atoms with Crippen molar-refractivity contribution in [3.05, 3.63) is 66.7 Å². The van der Waals surface area contributed by atoms with Crippen LogP contribution in [0.15, 0.2) is 66.7 Å². The molecule has 4 N–H and O–H groups in total. The Morgan fingerprint density at radius 1 is 0.667 bits per heavy atom. The van der Waals surface area contributed by atoms with Crippen LogP contribution >= 0.6 is 0 Å². The van der Waals surface area contributed by atoms with Crippen molar-refractivity contribution in [3.8, 4) is 28.4 Å². The molecule has 0 aliphatic rings. The summed E-state index contributed by atoms with van der Waals surface area (Å²) in [6.45, 7) is 3.03. The van der Waals surface area contributed by atoms with E-state index in [4.69, 9.17) is 20.9 Å². The predicted molar refractivity (Wildman–Crippen MR) is 126 cm³/mol. The molecule has 0 saturated carbocycles. The van der Waals surface area contributed by atoms with Crippen LogP contribution in [-0.2, 0) is 0 Å². The lowest BCUT2D eigenvalue weighted by Crippen LogP contribution is -1.97. The summed E-state index contributed by atoms with van der Waals surface area (Å²) in [4.78, 5) is 0. The Kier molecular flexibility index (Phi) is 8.02. The van der Waals surface area contributed by atoms with E-state index < -0.39 is 0 Å². The third-order valence-corrected chi connectivity index (χ3v) is 5.07. The van der Waals surface area contributed by atoms with Crippen molar-refractivity contribution in [2.75, 3.05) is 18.1 Å². The lowest BCUT2D eigenvalue weighted by atomic mass is 10.1. The van der Waals surface area contributed by atoms with Gasteiger partial charge < -0.3 is 20.9 Å². The molecule has 0 aromatic heterocycles. The molecule has 3 rings (SSSR count). The van der Waals surface area contributed by atoms with E-state index >= 15 is 0 Å². The van der Waals surface area contributed by atoms with Gasteiger partial charge in [0, 0.05) is 5.69 Å². The van der Waals surface area contributed by atoms with E-state index in [1.807, 2.05) is 36.4 Å². The topological polar surface area (TPSA) is 70.5 Å². The van der Waals surface area contributed by atoms with Gasteiger partial charge >= 0.3 is 0 Å². The fraction of sp³-hybridized carbons (Fsp3) is 0.308. The van der Waals surface area contributed by atoms with E-state index in [0.717, 1.165) is 35.7 Å². The summed E-state index contributed by atoms with van der Waals surface area (Å²) < 4.78 is 11.7. The summed E-state index contributed by atoms with van der Waals surface area (Å²) in [6, 6.07) is 21.4. The van der Waals surface area contributed by atoms with E-state index in [1.165, 1.54) is 32.1 Å². The van der Waals surface area contributed by atoms with Crippen molar-refractivity contribution in [2.24, 2.45) is 0 Å². The number of ether oxygens (including phenoxy) is 2. The van der Waals surface area contributed by atoms with Crippen LogP contribution in [0.3, 0.4) is 0 Å². The molecule has 0 atom stereocenters. The summed E-state index contributed by atoms with van der Waals surface area (Å²) in [7, 11) is 0. The third kappa shape index (κ3) is 6.45. The fourth-order valence-corrected chi connectivity index (χ4v) is 3.32. The van der Waals surface area contributed by atoms with Gasteiger partial charge in [0.2, 0.25) is 0 Å². The quantitative estimate of drug-likeness (QED) is 0.265. The molecular formula is C26H32N2O2. The van der Waals surface area contributed by atoms with Crippen LogP contribution in [-0.4, -0.2) is 6.61 Å². The van der Waals surface area contributed by atoms with Gasteiger partial charge in [-0.25, -0.2) is 0 Å². The maximum Gasteiger partial charge on any atom is 0.150 e. The average Bonchev–Trinajstić information content (AvgIpc) is 2.76. The number of unbranched alkanes of at least 4 members (excludes halogenated alkanes) is 5. The summed E-state index contributed by atoms with van der Waals surface area (Å²) in [5.74, 6) is 2.25. The zero-order chi connectivity index (χ0) is 21.2. The summed E-state index contributed by atoms with van der Waals surface area (Å²) in [5, 5.41) is 0. The van der Waals surface area contributed by atoms with Crippen molar-refractivity contribution in [3.63, 3.8) is 0 Å². The Hall–Kier alpha value is -3.14. The molecule has 30 heavy (non-hydrogen) atoms. The van der Waals surface area contributed by atoms with E-state index in [0.29, 0.717) is 17.1 Å². The number of anilines is 2. The molecule has 0 radical (unpaired) electrons. The molecule has 0 fully saturated rings. The number of benzene rings is 3. The monoisotopic (exact) mass is 404 g/mol. The molecule has 3 aromatic rings. The van der Waals surface area contributed by atoms with E-state index in [9.17, 15) is 0 Å². The Balaban J connectivity index is 1.50. The second kappa shape index (κ2) is 11.1. The van der Waals surface area contributed by atoms with Crippen LogP contribution in [0.4, 0.5) is 11.4 Å². The molecule has 3 aromatic carbocycles. The normalized spacial score (nSPS) is 10.7. The molecule has 0 aliphatic carbocycles. The van der Waals surface area contributed by atoms with Crippen molar-refractivity contribution >= 4 is 11.4 Å².